The summed E-state index contributed by atoms with van der Waals surface area (Å²) in [6, 6.07) is 10.4. The van der Waals surface area contributed by atoms with Crippen molar-refractivity contribution in [3.8, 4) is 0 Å². The van der Waals surface area contributed by atoms with Crippen molar-refractivity contribution in [3.05, 3.63) is 48.6 Å². The van der Waals surface area contributed by atoms with Crippen LogP contribution in [-0.2, 0) is 11.2 Å². The van der Waals surface area contributed by atoms with E-state index in [1.807, 2.05) is 6.07 Å². The molecule has 1 aromatic carbocycles. The number of carbonyl (C=O) groups excluding carboxylic acids is 1. The minimum absolute atomic E-state index is 0.0922. The Kier molecular flexibility index (Phi) is 7.23. The number of thioether (sulfide) groups is 1. The van der Waals surface area contributed by atoms with Gasteiger partial charge in [0.2, 0.25) is 5.91 Å². The van der Waals surface area contributed by atoms with Crippen LogP contribution >= 0.6 is 11.8 Å². The van der Waals surface area contributed by atoms with Crippen molar-refractivity contribution in [2.24, 2.45) is 0 Å². The summed E-state index contributed by atoms with van der Waals surface area (Å²) in [5.74, 6) is 1.66. The molecule has 0 fully saturated rings. The number of nitrogens with one attached hydrogen (secondary N) is 1. The highest BCUT2D eigenvalue weighted by molar-refractivity contribution is 7.99. The number of rotatable bonds is 8. The maximum atomic E-state index is 11.3. The van der Waals surface area contributed by atoms with Crippen LogP contribution in [0.1, 0.15) is 12.0 Å². The maximum absolute atomic E-state index is 11.3. The molecule has 0 aliphatic carbocycles. The molecule has 1 rings (SSSR count). The third-order valence-electron chi connectivity index (χ3n) is 2.27. The fourth-order valence-corrected chi connectivity index (χ4v) is 2.21. The van der Waals surface area contributed by atoms with Crippen molar-refractivity contribution in [1.29, 1.82) is 0 Å². The summed E-state index contributed by atoms with van der Waals surface area (Å²) in [6.07, 6.45) is 3.89. The zero-order valence-electron chi connectivity index (χ0n) is 10.0. The van der Waals surface area contributed by atoms with E-state index in [0.29, 0.717) is 12.3 Å². The van der Waals surface area contributed by atoms with Crippen molar-refractivity contribution in [2.75, 3.05) is 18.1 Å². The third kappa shape index (κ3) is 6.84. The molecule has 0 radical (unpaired) electrons. The minimum atomic E-state index is 0.0922. The average Bonchev–Trinajstić information content (AvgIpc) is 2.37. The van der Waals surface area contributed by atoms with Crippen LogP contribution in [0.25, 0.3) is 0 Å². The summed E-state index contributed by atoms with van der Waals surface area (Å²) >= 11 is 1.68. The number of aryl methyl sites for hydroxylation is 1. The van der Waals surface area contributed by atoms with E-state index in [1.54, 1.807) is 17.8 Å². The van der Waals surface area contributed by atoms with Crippen LogP contribution < -0.4 is 5.32 Å². The SMILES string of the molecule is C=CCNC(=O)CSCCCc1ccccc1. The highest BCUT2D eigenvalue weighted by Crippen LogP contribution is 2.07. The van der Waals surface area contributed by atoms with E-state index in [0.717, 1.165) is 18.6 Å². The average molecular weight is 249 g/mol. The maximum Gasteiger partial charge on any atom is 0.230 e. The smallest absolute Gasteiger partial charge is 0.230 e. The molecule has 0 saturated carbocycles. The van der Waals surface area contributed by atoms with Crippen LogP contribution in [0.5, 0.6) is 0 Å². The number of hydrogen-bond donors (Lipinski definition) is 1. The molecule has 0 unspecified atom stereocenters. The molecule has 0 heterocycles. The van der Waals surface area contributed by atoms with E-state index in [9.17, 15) is 4.79 Å². The molecule has 1 N–H and O–H groups in total. The number of carbonyl (C=O) groups is 1. The van der Waals surface area contributed by atoms with Gasteiger partial charge in [-0.1, -0.05) is 36.4 Å². The van der Waals surface area contributed by atoms with Crippen molar-refractivity contribution in [3.63, 3.8) is 0 Å². The Labute approximate surface area is 107 Å². The van der Waals surface area contributed by atoms with Crippen molar-refractivity contribution < 1.29 is 4.79 Å². The predicted molar refractivity (Wildman–Crippen MR) is 75.3 cm³/mol. The lowest BCUT2D eigenvalue weighted by Crippen LogP contribution is -2.25. The second-order valence-electron chi connectivity index (χ2n) is 3.73. The zero-order valence-corrected chi connectivity index (χ0v) is 10.8. The van der Waals surface area contributed by atoms with Gasteiger partial charge in [-0.15, -0.1) is 6.58 Å². The molecule has 0 aliphatic rings. The Morgan fingerprint density at radius 1 is 1.35 bits per heavy atom. The van der Waals surface area contributed by atoms with Crippen LogP contribution in [0.3, 0.4) is 0 Å². The third-order valence-corrected chi connectivity index (χ3v) is 3.32. The van der Waals surface area contributed by atoms with Gasteiger partial charge >= 0.3 is 0 Å². The minimum Gasteiger partial charge on any atom is -0.352 e. The Hall–Kier alpha value is -1.22. The molecule has 0 aliphatic heterocycles. The van der Waals surface area contributed by atoms with Gasteiger partial charge in [-0.05, 0) is 24.2 Å². The molecule has 1 amide bonds. The summed E-state index contributed by atoms with van der Waals surface area (Å²) in [5.41, 5.74) is 1.37. The first kappa shape index (κ1) is 13.8. The molecule has 0 spiro atoms. The molecule has 3 heteroatoms. The van der Waals surface area contributed by atoms with E-state index in [2.05, 4.69) is 36.2 Å². The largest absolute Gasteiger partial charge is 0.352 e. The lowest BCUT2D eigenvalue weighted by molar-refractivity contribution is -0.118. The molecule has 0 saturated heterocycles. The second-order valence-corrected chi connectivity index (χ2v) is 4.84. The lowest BCUT2D eigenvalue weighted by atomic mass is 10.1. The molecule has 0 aromatic heterocycles. The first-order valence-electron chi connectivity index (χ1n) is 5.82. The molecule has 0 bridgehead atoms. The van der Waals surface area contributed by atoms with E-state index < -0.39 is 0 Å². The standard InChI is InChI=1S/C14H19NOS/c1-2-10-15-14(16)12-17-11-6-9-13-7-4-3-5-8-13/h2-5,7-8H,1,6,9-12H2,(H,15,16). The molecule has 1 aromatic rings. The fraction of sp³-hybridized carbons (Fsp3) is 0.357. The number of amides is 1. The molecule has 2 nitrogen and oxygen atoms in total. The van der Waals surface area contributed by atoms with Gasteiger partial charge in [0.05, 0.1) is 5.75 Å². The van der Waals surface area contributed by atoms with E-state index in [-0.39, 0.29) is 5.91 Å². The molecular weight excluding hydrogens is 230 g/mol. The quantitative estimate of drug-likeness (QED) is 0.567. The highest BCUT2D eigenvalue weighted by atomic mass is 32.2. The number of benzene rings is 1. The summed E-state index contributed by atoms with van der Waals surface area (Å²) in [6.45, 7) is 4.11. The lowest BCUT2D eigenvalue weighted by Gasteiger charge is -2.03. The Bertz CT molecular complexity index is 337. The fourth-order valence-electron chi connectivity index (χ4n) is 1.42. The van der Waals surface area contributed by atoms with Crippen LogP contribution in [0.4, 0.5) is 0 Å². The van der Waals surface area contributed by atoms with Gasteiger partial charge in [-0.2, -0.15) is 11.8 Å². The molecule has 0 atom stereocenters. The van der Waals surface area contributed by atoms with Gasteiger partial charge in [0.25, 0.3) is 0 Å². The Morgan fingerprint density at radius 2 is 2.12 bits per heavy atom. The van der Waals surface area contributed by atoms with Gasteiger partial charge in [0.15, 0.2) is 0 Å². The first-order valence-corrected chi connectivity index (χ1v) is 6.97. The van der Waals surface area contributed by atoms with Crippen LogP contribution in [0.15, 0.2) is 43.0 Å². The highest BCUT2D eigenvalue weighted by Gasteiger charge is 1.99. The van der Waals surface area contributed by atoms with Gasteiger partial charge in [-0.3, -0.25) is 4.79 Å². The number of hydrogen-bond acceptors (Lipinski definition) is 2. The summed E-state index contributed by atoms with van der Waals surface area (Å²) in [7, 11) is 0. The summed E-state index contributed by atoms with van der Waals surface area (Å²) in [4.78, 5) is 11.3. The van der Waals surface area contributed by atoms with Gasteiger partial charge in [-0.25, -0.2) is 0 Å². The summed E-state index contributed by atoms with van der Waals surface area (Å²) in [5, 5.41) is 2.76. The van der Waals surface area contributed by atoms with Gasteiger partial charge < -0.3 is 5.32 Å². The monoisotopic (exact) mass is 249 g/mol. The van der Waals surface area contributed by atoms with E-state index in [4.69, 9.17) is 0 Å². The van der Waals surface area contributed by atoms with Gasteiger partial charge in [0, 0.05) is 6.54 Å². The topological polar surface area (TPSA) is 29.1 Å². The van der Waals surface area contributed by atoms with Crippen LogP contribution in [0.2, 0.25) is 0 Å². The molecular formula is C14H19NOS. The zero-order chi connectivity index (χ0) is 12.3. The van der Waals surface area contributed by atoms with Crippen molar-refractivity contribution >= 4 is 17.7 Å². The Morgan fingerprint density at radius 3 is 2.82 bits per heavy atom. The van der Waals surface area contributed by atoms with Gasteiger partial charge in [0.1, 0.15) is 0 Å². The van der Waals surface area contributed by atoms with Crippen LogP contribution in [0, 0.1) is 0 Å². The van der Waals surface area contributed by atoms with Crippen molar-refractivity contribution in [1.82, 2.24) is 5.32 Å². The van der Waals surface area contributed by atoms with E-state index >= 15 is 0 Å². The van der Waals surface area contributed by atoms with Crippen molar-refractivity contribution in [2.45, 2.75) is 12.8 Å². The first-order chi connectivity index (χ1) is 8.33. The van der Waals surface area contributed by atoms with E-state index in [1.165, 1.54) is 5.56 Å². The van der Waals surface area contributed by atoms with Crippen LogP contribution in [-0.4, -0.2) is 24.0 Å². The Balaban J connectivity index is 2.01. The molecule has 17 heavy (non-hydrogen) atoms. The molecule has 92 valence electrons. The summed E-state index contributed by atoms with van der Waals surface area (Å²) < 4.78 is 0. The second kappa shape index (κ2) is 8.88. The predicted octanol–water partition coefficient (Wildman–Crippen LogP) is 2.65. The normalized spacial score (nSPS) is 9.88.